The molecule has 0 N–H and O–H groups in total. The Kier molecular flexibility index (Phi) is 5.04. The van der Waals surface area contributed by atoms with Gasteiger partial charge >= 0.3 is 0 Å². The van der Waals surface area contributed by atoms with Crippen molar-refractivity contribution in [3.05, 3.63) is 52.2 Å². The van der Waals surface area contributed by atoms with Crippen molar-refractivity contribution in [2.45, 2.75) is 19.4 Å². The fourth-order valence-corrected chi connectivity index (χ4v) is 4.46. The maximum Gasteiger partial charge on any atom is 0.226 e. The molecule has 0 bridgehead atoms. The van der Waals surface area contributed by atoms with Gasteiger partial charge in [0.25, 0.3) is 0 Å². The Morgan fingerprint density at radius 2 is 1.96 bits per heavy atom. The van der Waals surface area contributed by atoms with Crippen LogP contribution in [0.3, 0.4) is 0 Å². The van der Waals surface area contributed by atoms with Crippen molar-refractivity contribution in [3.8, 4) is 5.75 Å². The van der Waals surface area contributed by atoms with Crippen molar-refractivity contribution in [2.75, 3.05) is 32.8 Å². The van der Waals surface area contributed by atoms with Gasteiger partial charge in [0.1, 0.15) is 5.75 Å². The first-order chi connectivity index (χ1) is 12.3. The van der Waals surface area contributed by atoms with Crippen molar-refractivity contribution in [1.82, 2.24) is 9.80 Å². The van der Waals surface area contributed by atoms with Crippen LogP contribution in [0.2, 0.25) is 0 Å². The Balaban J connectivity index is 1.34. The number of nitrogens with zero attached hydrogens (tertiary/aromatic N) is 2. The van der Waals surface area contributed by atoms with Gasteiger partial charge in [-0.2, -0.15) is 0 Å². The van der Waals surface area contributed by atoms with Crippen LogP contribution < -0.4 is 4.74 Å². The lowest BCUT2D eigenvalue weighted by atomic mass is 9.95. The number of rotatable bonds is 3. The summed E-state index contributed by atoms with van der Waals surface area (Å²) in [6.45, 7) is 5.23. The fraction of sp³-hybridized carbons (Fsp3) is 0.450. The van der Waals surface area contributed by atoms with E-state index in [1.807, 2.05) is 18.2 Å². The number of benzene rings is 1. The van der Waals surface area contributed by atoms with Crippen LogP contribution in [0.4, 0.5) is 0 Å². The van der Waals surface area contributed by atoms with E-state index >= 15 is 0 Å². The van der Waals surface area contributed by atoms with Gasteiger partial charge in [-0.15, -0.1) is 11.3 Å². The molecule has 2 aromatic rings. The van der Waals surface area contributed by atoms with E-state index in [9.17, 15) is 4.79 Å². The van der Waals surface area contributed by atoms with Crippen molar-refractivity contribution >= 4 is 17.2 Å². The predicted molar refractivity (Wildman–Crippen MR) is 99.9 cm³/mol. The molecule has 1 aromatic carbocycles. The van der Waals surface area contributed by atoms with Gasteiger partial charge in [0, 0.05) is 43.5 Å². The van der Waals surface area contributed by atoms with Gasteiger partial charge in [-0.25, -0.2) is 0 Å². The average molecular weight is 356 g/mol. The van der Waals surface area contributed by atoms with Crippen LogP contribution in [0.15, 0.2) is 41.8 Å². The van der Waals surface area contributed by atoms with E-state index in [0.717, 1.165) is 56.9 Å². The third-order valence-corrected chi connectivity index (χ3v) is 6.02. The van der Waals surface area contributed by atoms with Crippen LogP contribution in [0.1, 0.15) is 16.9 Å². The number of fused-ring (bicyclic) bond motifs is 1. The van der Waals surface area contributed by atoms with Gasteiger partial charge in [-0.3, -0.25) is 9.69 Å². The van der Waals surface area contributed by atoms with Crippen LogP contribution in [-0.4, -0.2) is 48.5 Å². The number of ether oxygens (including phenoxy) is 1. The minimum absolute atomic E-state index is 0.0486. The number of piperazine rings is 1. The van der Waals surface area contributed by atoms with Gasteiger partial charge < -0.3 is 9.64 Å². The summed E-state index contributed by atoms with van der Waals surface area (Å²) < 4.78 is 5.81. The monoisotopic (exact) mass is 356 g/mol. The second-order valence-corrected chi connectivity index (χ2v) is 7.86. The first-order valence-corrected chi connectivity index (χ1v) is 9.92. The number of hydrogen-bond donors (Lipinski definition) is 0. The van der Waals surface area contributed by atoms with Gasteiger partial charge in [-0.1, -0.05) is 24.3 Å². The molecule has 3 heterocycles. The number of hydrogen-bond acceptors (Lipinski definition) is 4. The molecule has 5 heteroatoms. The highest BCUT2D eigenvalue weighted by Crippen LogP contribution is 2.28. The summed E-state index contributed by atoms with van der Waals surface area (Å²) in [5.74, 6) is 1.29. The number of para-hydroxylation sites is 1. The summed E-state index contributed by atoms with van der Waals surface area (Å²) in [6.07, 6.45) is 1.60. The van der Waals surface area contributed by atoms with E-state index in [1.165, 1.54) is 4.88 Å². The molecule has 1 amide bonds. The summed E-state index contributed by atoms with van der Waals surface area (Å²) in [7, 11) is 0. The van der Waals surface area contributed by atoms with Crippen LogP contribution in [0, 0.1) is 5.92 Å². The summed E-state index contributed by atoms with van der Waals surface area (Å²) in [5.41, 5.74) is 1.16. The average Bonchev–Trinajstić information content (AvgIpc) is 3.05. The zero-order valence-corrected chi connectivity index (χ0v) is 15.2. The summed E-state index contributed by atoms with van der Waals surface area (Å²) in [5, 5.41) is 2.13. The minimum atomic E-state index is 0.0486. The van der Waals surface area contributed by atoms with Crippen molar-refractivity contribution in [2.24, 2.45) is 5.92 Å². The topological polar surface area (TPSA) is 32.8 Å². The van der Waals surface area contributed by atoms with Crippen LogP contribution in [0.5, 0.6) is 5.75 Å². The highest BCUT2D eigenvalue weighted by Gasteiger charge is 2.29. The lowest BCUT2D eigenvalue weighted by Crippen LogP contribution is -2.50. The lowest BCUT2D eigenvalue weighted by Gasteiger charge is -2.36. The summed E-state index contributed by atoms with van der Waals surface area (Å²) in [4.78, 5) is 18.9. The molecule has 2 aliphatic rings. The Morgan fingerprint density at radius 1 is 1.12 bits per heavy atom. The minimum Gasteiger partial charge on any atom is -0.493 e. The van der Waals surface area contributed by atoms with Crippen molar-refractivity contribution in [3.63, 3.8) is 0 Å². The van der Waals surface area contributed by atoms with Crippen LogP contribution in [-0.2, 0) is 17.8 Å². The van der Waals surface area contributed by atoms with E-state index in [-0.39, 0.29) is 5.92 Å². The molecule has 0 spiro atoms. The van der Waals surface area contributed by atoms with E-state index in [2.05, 4.69) is 33.4 Å². The number of carbonyl (C=O) groups excluding carboxylic acids is 1. The maximum atomic E-state index is 13.0. The summed E-state index contributed by atoms with van der Waals surface area (Å²) in [6, 6.07) is 12.4. The molecule has 1 fully saturated rings. The van der Waals surface area contributed by atoms with Crippen LogP contribution in [0.25, 0.3) is 0 Å². The molecule has 1 saturated heterocycles. The lowest BCUT2D eigenvalue weighted by molar-refractivity contribution is -0.137. The fourth-order valence-electron chi connectivity index (χ4n) is 3.71. The molecule has 4 nitrogen and oxygen atoms in total. The van der Waals surface area contributed by atoms with E-state index in [0.29, 0.717) is 12.5 Å². The highest BCUT2D eigenvalue weighted by molar-refractivity contribution is 7.09. The molecule has 0 aliphatic carbocycles. The number of carbonyl (C=O) groups is 1. The van der Waals surface area contributed by atoms with Gasteiger partial charge in [-0.05, 0) is 35.9 Å². The van der Waals surface area contributed by atoms with Crippen molar-refractivity contribution < 1.29 is 9.53 Å². The van der Waals surface area contributed by atoms with Crippen molar-refractivity contribution in [1.29, 1.82) is 0 Å². The van der Waals surface area contributed by atoms with Gasteiger partial charge in [0.2, 0.25) is 5.91 Å². The van der Waals surface area contributed by atoms with E-state index in [1.54, 1.807) is 11.3 Å². The molecular formula is C20H24N2O2S. The highest BCUT2D eigenvalue weighted by atomic mass is 32.1. The molecule has 132 valence electrons. The Labute approximate surface area is 153 Å². The maximum absolute atomic E-state index is 13.0. The van der Waals surface area contributed by atoms with E-state index in [4.69, 9.17) is 4.74 Å². The smallest absolute Gasteiger partial charge is 0.226 e. The first-order valence-electron chi connectivity index (χ1n) is 9.04. The molecule has 1 atom stereocenters. The predicted octanol–water partition coefficient (Wildman–Crippen LogP) is 3.03. The van der Waals surface area contributed by atoms with Gasteiger partial charge in [0.15, 0.2) is 0 Å². The normalized spacial score (nSPS) is 21.3. The zero-order chi connectivity index (χ0) is 17.1. The third-order valence-electron chi connectivity index (χ3n) is 5.16. The molecular weight excluding hydrogens is 332 g/mol. The Morgan fingerprint density at radius 3 is 2.76 bits per heavy atom. The molecule has 4 rings (SSSR count). The largest absolute Gasteiger partial charge is 0.493 e. The molecule has 0 saturated carbocycles. The molecule has 1 aromatic heterocycles. The van der Waals surface area contributed by atoms with Gasteiger partial charge in [0.05, 0.1) is 6.61 Å². The van der Waals surface area contributed by atoms with E-state index < -0.39 is 0 Å². The molecule has 0 unspecified atom stereocenters. The third kappa shape index (κ3) is 3.88. The Bertz CT molecular complexity index is 708. The second kappa shape index (κ2) is 7.58. The SMILES string of the molecule is O=C([C@@H]1CCOc2ccccc2C1)N1CCN(Cc2cccs2)CC1. The second-order valence-electron chi connectivity index (χ2n) is 6.83. The quantitative estimate of drug-likeness (QED) is 0.847. The Hall–Kier alpha value is -1.85. The first kappa shape index (κ1) is 16.6. The standard InChI is InChI=1S/C20H24N2O2S/c23-20(17-7-12-24-19-6-2-1-4-16(19)14-17)22-10-8-21(9-11-22)15-18-5-3-13-25-18/h1-6,13,17H,7-12,14-15H2/t17-/m1/s1. The molecule has 25 heavy (non-hydrogen) atoms. The number of thiophene rings is 1. The molecule has 2 aliphatic heterocycles. The summed E-state index contributed by atoms with van der Waals surface area (Å²) >= 11 is 1.81. The van der Waals surface area contributed by atoms with Crippen LogP contribution >= 0.6 is 11.3 Å². The zero-order valence-electron chi connectivity index (χ0n) is 14.4. The number of amides is 1. The molecule has 0 radical (unpaired) electrons.